The molecule has 4 aromatic heterocycles. The van der Waals surface area contributed by atoms with Gasteiger partial charge >= 0.3 is 24.7 Å². The lowest BCUT2D eigenvalue weighted by Gasteiger charge is -2.24. The van der Waals surface area contributed by atoms with Gasteiger partial charge in [0.2, 0.25) is 0 Å². The standard InChI is InChI=1S/C29H23ClF6N4O2.C23H21F6N3O.C6H3Cl2NO/c1-15-10-19(25(29(34,35)36)40-17(3)12-24(39-40)28(31,32)33)11-16(2)22(15)14-23(41)18-6-4-7-20(13-18)38-27(42)21-8-5-9-37-26(21)30;1-12-7-16(8-13(2)18(12)11-19(33)15-5-4-6-17(30)10-15)21(23(27,28)29)32-14(3)9-20(31-32)22(24,25)26;7-5-4(6(8)10)2-1-3-9-5/h4-13,25H,14H2,1-3H3,(H,38,42);4-10,21H,11,30H2,1-3H3;1-3H. The zero-order chi connectivity index (χ0) is 63.3. The van der Waals surface area contributed by atoms with Crippen LogP contribution in [0.5, 0.6) is 0 Å². The summed E-state index contributed by atoms with van der Waals surface area (Å²) in [5.41, 5.74) is 5.98. The van der Waals surface area contributed by atoms with Crippen molar-refractivity contribution < 1.29 is 71.9 Å². The average Bonchev–Trinajstić information content (AvgIpc) is 2.82. The predicted molar refractivity (Wildman–Crippen MR) is 294 cm³/mol. The minimum absolute atomic E-state index is 0.00731. The lowest BCUT2D eigenvalue weighted by atomic mass is 9.91. The second-order valence-corrected chi connectivity index (χ2v) is 20.3. The van der Waals surface area contributed by atoms with E-state index in [1.807, 2.05) is 0 Å². The number of nitrogens with zero attached hydrogens (tertiary/aromatic N) is 6. The van der Waals surface area contributed by atoms with E-state index in [9.17, 15) is 71.9 Å². The Labute approximate surface area is 491 Å². The number of amides is 1. The first-order chi connectivity index (χ1) is 39.5. The van der Waals surface area contributed by atoms with Crippen LogP contribution >= 0.6 is 34.8 Å². The van der Waals surface area contributed by atoms with Gasteiger partial charge in [-0.1, -0.05) is 71.7 Å². The van der Waals surface area contributed by atoms with Gasteiger partial charge in [-0.15, -0.1) is 0 Å². The molecule has 0 aliphatic rings. The fourth-order valence-corrected chi connectivity index (χ4v) is 9.55. The van der Waals surface area contributed by atoms with Crippen LogP contribution in [-0.2, 0) is 25.2 Å². The molecule has 2 unspecified atom stereocenters. The van der Waals surface area contributed by atoms with E-state index < -0.39 is 59.3 Å². The number of anilines is 2. The lowest BCUT2D eigenvalue weighted by molar-refractivity contribution is -0.162. The number of hydrogen-bond donors (Lipinski definition) is 2. The highest BCUT2D eigenvalue weighted by Gasteiger charge is 2.47. The molecular formula is C58H47Cl3F12N8O4. The van der Waals surface area contributed by atoms with E-state index in [2.05, 4.69) is 25.5 Å². The number of nitrogens with one attached hydrogen (secondary N) is 1. The number of rotatable bonds is 13. The third-order valence-electron chi connectivity index (χ3n) is 12.9. The molecule has 0 aliphatic carbocycles. The molecule has 12 nitrogen and oxygen atoms in total. The summed E-state index contributed by atoms with van der Waals surface area (Å²) in [6, 6.07) is 19.8. The second-order valence-electron chi connectivity index (χ2n) is 19.2. The molecule has 0 fully saturated rings. The number of ketones is 2. The highest BCUT2D eigenvalue weighted by atomic mass is 35.5. The highest BCUT2D eigenvalue weighted by Crippen LogP contribution is 2.42. The first-order valence-corrected chi connectivity index (χ1v) is 25.9. The van der Waals surface area contributed by atoms with Crippen LogP contribution in [0.4, 0.5) is 64.1 Å². The largest absolute Gasteiger partial charge is 0.435 e. The van der Waals surface area contributed by atoms with Crippen molar-refractivity contribution in [1.82, 2.24) is 29.5 Å². The van der Waals surface area contributed by atoms with Gasteiger partial charge < -0.3 is 11.1 Å². The van der Waals surface area contributed by atoms with Gasteiger partial charge in [-0.25, -0.2) is 9.97 Å². The van der Waals surface area contributed by atoms with Crippen molar-refractivity contribution in [2.75, 3.05) is 11.1 Å². The Kier molecular flexibility index (Phi) is 20.6. The lowest BCUT2D eigenvalue weighted by Crippen LogP contribution is -2.30. The van der Waals surface area contributed by atoms with Crippen molar-refractivity contribution in [2.24, 2.45) is 0 Å². The van der Waals surface area contributed by atoms with Crippen molar-refractivity contribution in [3.8, 4) is 0 Å². The van der Waals surface area contributed by atoms with E-state index in [1.165, 1.54) is 80.8 Å². The van der Waals surface area contributed by atoms with Gasteiger partial charge in [-0.2, -0.15) is 62.9 Å². The smallest absolute Gasteiger partial charge is 0.399 e. The Morgan fingerprint density at radius 1 is 0.529 bits per heavy atom. The number of aryl methyl sites for hydroxylation is 6. The zero-order valence-corrected chi connectivity index (χ0v) is 47.4. The third kappa shape index (κ3) is 16.6. The van der Waals surface area contributed by atoms with Gasteiger partial charge in [0, 0.05) is 59.1 Å². The molecule has 0 saturated carbocycles. The number of Topliss-reactive ketones (excluding diaryl/α,β-unsaturated/α-hetero) is 2. The fourth-order valence-electron chi connectivity index (χ4n) is 8.93. The van der Waals surface area contributed by atoms with Crippen LogP contribution in [0.15, 0.2) is 122 Å². The van der Waals surface area contributed by atoms with Gasteiger partial charge in [-0.05, 0) is 158 Å². The van der Waals surface area contributed by atoms with Crippen molar-refractivity contribution in [3.05, 3.63) is 221 Å². The maximum absolute atomic E-state index is 14.2. The summed E-state index contributed by atoms with van der Waals surface area (Å²) in [6.45, 7) is 8.43. The second kappa shape index (κ2) is 26.4. The number of carbonyl (C=O) groups is 4. The van der Waals surface area contributed by atoms with Gasteiger partial charge in [0.15, 0.2) is 35.0 Å². The van der Waals surface area contributed by atoms with Crippen LogP contribution < -0.4 is 11.1 Å². The molecule has 4 heterocycles. The Morgan fingerprint density at radius 3 is 1.26 bits per heavy atom. The summed E-state index contributed by atoms with van der Waals surface area (Å²) in [6.07, 6.45) is -16.9. The molecule has 1 amide bonds. The number of nitrogen functional groups attached to an aromatic ring is 1. The number of carbonyl (C=O) groups excluding carboxylic acids is 4. The van der Waals surface area contributed by atoms with Gasteiger partial charge in [-0.3, -0.25) is 28.5 Å². The van der Waals surface area contributed by atoms with E-state index in [1.54, 1.807) is 56.3 Å². The number of alkyl halides is 12. The maximum Gasteiger partial charge on any atom is 0.435 e. The number of pyridine rings is 2. The summed E-state index contributed by atoms with van der Waals surface area (Å²) < 4.78 is 164. The molecule has 0 bridgehead atoms. The minimum atomic E-state index is -4.96. The summed E-state index contributed by atoms with van der Waals surface area (Å²) in [5.74, 6) is -1.16. The first-order valence-electron chi connectivity index (χ1n) is 24.8. The highest BCUT2D eigenvalue weighted by molar-refractivity contribution is 6.68. The fraction of sp³-hybridized carbons (Fsp3) is 0.241. The van der Waals surface area contributed by atoms with Crippen molar-refractivity contribution in [1.29, 1.82) is 0 Å². The number of aromatic nitrogens is 6. The van der Waals surface area contributed by atoms with Crippen LogP contribution in [0.1, 0.15) is 121 Å². The van der Waals surface area contributed by atoms with E-state index >= 15 is 0 Å². The van der Waals surface area contributed by atoms with Crippen LogP contribution in [0, 0.1) is 41.5 Å². The number of halogens is 15. The quantitative estimate of drug-likeness (QED) is 0.0375. The van der Waals surface area contributed by atoms with Crippen LogP contribution in [0.3, 0.4) is 0 Å². The molecule has 8 aromatic rings. The SMILES string of the molecule is Cc1cc(C(n2nc(C(F)(F)F)cc2C)C(F)(F)F)cc(C)c1CC(=O)c1cccc(N)c1.Cc1cc(C(n2nc(C(F)(F)F)cc2C)C(F)(F)F)cc(C)c1CC(=O)c1cccc(NC(=O)c2cccnc2Cl)c1.O=C(Cl)c1cccnc1Cl. The van der Waals surface area contributed by atoms with E-state index in [0.29, 0.717) is 71.8 Å². The first kappa shape index (κ1) is 66.1. The number of nitrogens with two attached hydrogens (primary N) is 1. The monoisotopic (exact) mass is 1250 g/mol. The summed E-state index contributed by atoms with van der Waals surface area (Å²) in [7, 11) is 0. The Bertz CT molecular complexity index is 3750. The summed E-state index contributed by atoms with van der Waals surface area (Å²) >= 11 is 16.6. The predicted octanol–water partition coefficient (Wildman–Crippen LogP) is 15.8. The van der Waals surface area contributed by atoms with Crippen molar-refractivity contribution >= 4 is 68.9 Å². The third-order valence-corrected chi connectivity index (χ3v) is 13.7. The van der Waals surface area contributed by atoms with Gasteiger partial charge in [0.1, 0.15) is 10.3 Å². The Balaban J connectivity index is 0.000000238. The average molecular weight is 1250 g/mol. The molecule has 85 heavy (non-hydrogen) atoms. The molecule has 448 valence electrons. The molecule has 4 aromatic carbocycles. The number of hydrogen-bond acceptors (Lipinski definition) is 9. The number of benzene rings is 4. The molecule has 0 radical (unpaired) electrons. The molecular weight excluding hydrogens is 1210 g/mol. The minimum Gasteiger partial charge on any atom is -0.399 e. The van der Waals surface area contributed by atoms with Crippen molar-refractivity contribution in [3.63, 3.8) is 0 Å². The van der Waals surface area contributed by atoms with Crippen LogP contribution in [0.25, 0.3) is 0 Å². The molecule has 0 saturated heterocycles. The normalized spacial score (nSPS) is 12.5. The van der Waals surface area contributed by atoms with Crippen LogP contribution in [0.2, 0.25) is 10.3 Å². The van der Waals surface area contributed by atoms with E-state index in [-0.39, 0.29) is 73.9 Å². The van der Waals surface area contributed by atoms with Crippen molar-refractivity contribution in [2.45, 2.75) is 91.2 Å². The van der Waals surface area contributed by atoms with E-state index in [4.69, 9.17) is 40.5 Å². The summed E-state index contributed by atoms with van der Waals surface area (Å²) in [5, 5.41) is 8.64. The zero-order valence-electron chi connectivity index (χ0n) is 45.2. The topological polar surface area (TPSA) is 168 Å². The molecule has 0 spiro atoms. The molecule has 0 aliphatic heterocycles. The Morgan fingerprint density at radius 2 is 0.918 bits per heavy atom. The molecule has 27 heteroatoms. The van der Waals surface area contributed by atoms with E-state index in [0.717, 1.165) is 13.8 Å². The molecule has 2 atom stereocenters. The maximum atomic E-state index is 14.2. The Hall–Kier alpha value is -8.09. The molecule has 3 N–H and O–H groups in total. The van der Waals surface area contributed by atoms with Gasteiger partial charge in [0.25, 0.3) is 11.1 Å². The molecule has 8 rings (SSSR count). The van der Waals surface area contributed by atoms with Gasteiger partial charge in [0.05, 0.1) is 11.1 Å². The summed E-state index contributed by atoms with van der Waals surface area (Å²) in [4.78, 5) is 56.4. The van der Waals surface area contributed by atoms with Crippen LogP contribution in [-0.4, -0.2) is 64.6 Å².